The molecule has 0 aliphatic heterocycles. The van der Waals surface area contributed by atoms with Crippen LogP contribution in [0.1, 0.15) is 21.5 Å². The number of halogens is 4. The molecule has 2 amide bonds. The van der Waals surface area contributed by atoms with Gasteiger partial charge in [0.05, 0.1) is 16.3 Å². The van der Waals surface area contributed by atoms with Gasteiger partial charge in [0.2, 0.25) is 6.41 Å². The van der Waals surface area contributed by atoms with E-state index in [-0.39, 0.29) is 17.7 Å². The van der Waals surface area contributed by atoms with Crippen LogP contribution in [0.25, 0.3) is 0 Å². The molecule has 2 rings (SSSR count). The Morgan fingerprint density at radius 3 is 2.39 bits per heavy atom. The summed E-state index contributed by atoms with van der Waals surface area (Å²) >= 11 is 5.54. The zero-order valence-corrected chi connectivity index (χ0v) is 12.7. The van der Waals surface area contributed by atoms with Gasteiger partial charge in [0.15, 0.2) is 0 Å². The van der Waals surface area contributed by atoms with Crippen LogP contribution < -0.4 is 4.90 Å². The summed E-state index contributed by atoms with van der Waals surface area (Å²) in [6.45, 7) is 1.67. The van der Waals surface area contributed by atoms with Crippen molar-refractivity contribution in [3.8, 4) is 0 Å². The van der Waals surface area contributed by atoms with Crippen molar-refractivity contribution in [2.45, 2.75) is 13.1 Å². The molecule has 2 aromatic rings. The summed E-state index contributed by atoms with van der Waals surface area (Å²) in [5, 5.41) is -0.504. The summed E-state index contributed by atoms with van der Waals surface area (Å²) in [5.41, 5.74) is -0.483. The molecule has 0 radical (unpaired) electrons. The molecule has 0 spiro atoms. The first-order valence-corrected chi connectivity index (χ1v) is 6.84. The van der Waals surface area contributed by atoms with E-state index in [4.69, 9.17) is 11.6 Å². The molecule has 0 aromatic heterocycles. The predicted molar refractivity (Wildman–Crippen MR) is 80.5 cm³/mol. The highest BCUT2D eigenvalue weighted by molar-refractivity contribution is 6.31. The van der Waals surface area contributed by atoms with Crippen LogP contribution in [0, 0.1) is 6.92 Å². The Bertz CT molecular complexity index is 759. The van der Waals surface area contributed by atoms with E-state index >= 15 is 0 Å². The van der Waals surface area contributed by atoms with Crippen LogP contribution in [0.15, 0.2) is 42.5 Å². The topological polar surface area (TPSA) is 37.4 Å². The molecule has 0 fully saturated rings. The van der Waals surface area contributed by atoms with Gasteiger partial charge in [-0.1, -0.05) is 29.8 Å². The van der Waals surface area contributed by atoms with Crippen molar-refractivity contribution in [3.63, 3.8) is 0 Å². The largest absolute Gasteiger partial charge is 0.417 e. The number of amides is 2. The summed E-state index contributed by atoms with van der Waals surface area (Å²) in [6, 6.07) is 9.33. The van der Waals surface area contributed by atoms with Crippen molar-refractivity contribution in [1.82, 2.24) is 0 Å². The molecule has 2 aromatic carbocycles. The number of carbonyl (C=O) groups excluding carboxylic acids is 2. The number of rotatable bonds is 3. The van der Waals surface area contributed by atoms with Gasteiger partial charge in [-0.2, -0.15) is 13.2 Å². The average Bonchev–Trinajstić information content (AvgIpc) is 2.48. The molecule has 3 nitrogen and oxygen atoms in total. The monoisotopic (exact) mass is 341 g/mol. The van der Waals surface area contributed by atoms with Crippen LogP contribution in [0.2, 0.25) is 5.02 Å². The number of nitrogens with zero attached hydrogens (tertiary/aromatic N) is 1. The van der Waals surface area contributed by atoms with Crippen molar-refractivity contribution in [3.05, 3.63) is 64.2 Å². The summed E-state index contributed by atoms with van der Waals surface area (Å²) in [6.07, 6.45) is -4.51. The number of imide groups is 1. The van der Waals surface area contributed by atoms with Crippen LogP contribution in [-0.2, 0) is 11.0 Å². The maximum Gasteiger partial charge on any atom is 0.417 e. The van der Waals surface area contributed by atoms with Crippen molar-refractivity contribution >= 4 is 29.6 Å². The molecular weight excluding hydrogens is 331 g/mol. The van der Waals surface area contributed by atoms with Crippen LogP contribution in [0.4, 0.5) is 18.9 Å². The minimum absolute atomic E-state index is 0.179. The third-order valence-electron chi connectivity index (χ3n) is 3.23. The van der Waals surface area contributed by atoms with Crippen LogP contribution in [0.5, 0.6) is 0 Å². The lowest BCUT2D eigenvalue weighted by Gasteiger charge is -2.19. The molecule has 0 bridgehead atoms. The molecule has 23 heavy (non-hydrogen) atoms. The fraction of sp³-hybridized carbons (Fsp3) is 0.125. The van der Waals surface area contributed by atoms with E-state index < -0.39 is 22.7 Å². The van der Waals surface area contributed by atoms with E-state index in [9.17, 15) is 22.8 Å². The second-order valence-corrected chi connectivity index (χ2v) is 5.16. The van der Waals surface area contributed by atoms with E-state index in [1.165, 1.54) is 12.1 Å². The van der Waals surface area contributed by atoms with E-state index in [1.54, 1.807) is 25.1 Å². The summed E-state index contributed by atoms with van der Waals surface area (Å²) in [5.74, 6) is -0.714. The Morgan fingerprint density at radius 2 is 1.83 bits per heavy atom. The highest BCUT2D eigenvalue weighted by Crippen LogP contribution is 2.37. The Kier molecular flexibility index (Phi) is 4.75. The number of hydrogen-bond acceptors (Lipinski definition) is 2. The van der Waals surface area contributed by atoms with Crippen molar-refractivity contribution < 1.29 is 22.8 Å². The van der Waals surface area contributed by atoms with Crippen LogP contribution >= 0.6 is 11.6 Å². The van der Waals surface area contributed by atoms with Crippen molar-refractivity contribution in [1.29, 1.82) is 0 Å². The molecule has 7 heteroatoms. The van der Waals surface area contributed by atoms with Gasteiger partial charge in [-0.3, -0.25) is 9.59 Å². The maximum atomic E-state index is 12.9. The molecule has 0 saturated heterocycles. The number of alkyl halides is 3. The van der Waals surface area contributed by atoms with Gasteiger partial charge in [0.25, 0.3) is 5.91 Å². The second-order valence-electron chi connectivity index (χ2n) is 4.76. The van der Waals surface area contributed by atoms with Crippen LogP contribution in [-0.4, -0.2) is 12.3 Å². The van der Waals surface area contributed by atoms with E-state index in [1.807, 2.05) is 0 Å². The molecule has 0 atom stereocenters. The number of anilines is 1. The molecule has 0 saturated carbocycles. The first-order valence-electron chi connectivity index (χ1n) is 6.47. The number of benzene rings is 2. The zero-order valence-electron chi connectivity index (χ0n) is 11.9. The quantitative estimate of drug-likeness (QED) is 0.772. The van der Waals surface area contributed by atoms with Gasteiger partial charge in [-0.25, -0.2) is 4.90 Å². The van der Waals surface area contributed by atoms with Gasteiger partial charge < -0.3 is 0 Å². The SMILES string of the molecule is Cc1ccccc1C(=O)N(C=O)c1ccc(Cl)c(C(F)(F)F)c1. The highest BCUT2D eigenvalue weighted by Gasteiger charge is 2.34. The normalized spacial score (nSPS) is 11.2. The molecule has 120 valence electrons. The lowest BCUT2D eigenvalue weighted by atomic mass is 10.1. The lowest BCUT2D eigenvalue weighted by Crippen LogP contribution is -2.30. The predicted octanol–water partition coefficient (Wildman–Crippen LogP) is 4.47. The van der Waals surface area contributed by atoms with Gasteiger partial charge in [-0.05, 0) is 36.8 Å². The maximum absolute atomic E-state index is 12.9. The highest BCUT2D eigenvalue weighted by atomic mass is 35.5. The fourth-order valence-corrected chi connectivity index (χ4v) is 2.27. The summed E-state index contributed by atoms with van der Waals surface area (Å²) in [4.78, 5) is 24.3. The molecule has 0 aliphatic carbocycles. The Hall–Kier alpha value is -2.34. The Morgan fingerprint density at radius 1 is 1.17 bits per heavy atom. The number of aryl methyl sites for hydroxylation is 1. The minimum atomic E-state index is -4.69. The molecule has 0 N–H and O–H groups in total. The molecule has 0 aliphatic rings. The van der Waals surface area contributed by atoms with E-state index in [0.29, 0.717) is 16.5 Å². The minimum Gasteiger partial charge on any atom is -0.278 e. The first-order chi connectivity index (χ1) is 10.8. The Balaban J connectivity index is 2.48. The average molecular weight is 342 g/mol. The number of carbonyl (C=O) groups is 2. The molecular formula is C16H11ClF3NO2. The smallest absolute Gasteiger partial charge is 0.278 e. The van der Waals surface area contributed by atoms with Gasteiger partial charge >= 0.3 is 6.18 Å². The summed E-state index contributed by atoms with van der Waals surface area (Å²) < 4.78 is 38.7. The first kappa shape index (κ1) is 17.0. The third-order valence-corrected chi connectivity index (χ3v) is 3.56. The van der Waals surface area contributed by atoms with E-state index in [0.717, 1.165) is 6.07 Å². The van der Waals surface area contributed by atoms with Gasteiger partial charge in [-0.15, -0.1) is 0 Å². The Labute approximate surface area is 135 Å². The molecule has 0 unspecified atom stereocenters. The lowest BCUT2D eigenvalue weighted by molar-refractivity contribution is -0.137. The van der Waals surface area contributed by atoms with Crippen molar-refractivity contribution in [2.75, 3.05) is 4.90 Å². The fourth-order valence-electron chi connectivity index (χ4n) is 2.05. The molecule has 0 heterocycles. The van der Waals surface area contributed by atoms with Gasteiger partial charge in [0.1, 0.15) is 0 Å². The second kappa shape index (κ2) is 6.42. The summed E-state index contributed by atoms with van der Waals surface area (Å²) in [7, 11) is 0. The van der Waals surface area contributed by atoms with Gasteiger partial charge in [0, 0.05) is 5.56 Å². The van der Waals surface area contributed by atoms with E-state index in [2.05, 4.69) is 0 Å². The third kappa shape index (κ3) is 3.53. The van der Waals surface area contributed by atoms with Crippen LogP contribution in [0.3, 0.4) is 0 Å². The zero-order chi connectivity index (χ0) is 17.2. The van der Waals surface area contributed by atoms with Crippen molar-refractivity contribution in [2.24, 2.45) is 0 Å². The standard InChI is InChI=1S/C16H11ClF3NO2/c1-10-4-2-3-5-12(10)15(23)21(9-22)11-6-7-14(17)13(8-11)16(18,19)20/h2-9H,1H3. The number of hydrogen-bond donors (Lipinski definition) is 0.